The van der Waals surface area contributed by atoms with E-state index in [0.29, 0.717) is 13.1 Å². The average Bonchev–Trinajstić information content (AvgIpc) is 2.65. The van der Waals surface area contributed by atoms with E-state index in [2.05, 4.69) is 25.5 Å². The molecule has 2 N–H and O–H groups in total. The highest BCUT2D eigenvalue weighted by molar-refractivity contribution is 5.95. The second-order valence-corrected chi connectivity index (χ2v) is 7.21. The number of amides is 1. The summed E-state index contributed by atoms with van der Waals surface area (Å²) in [7, 11) is 0. The lowest BCUT2D eigenvalue weighted by Gasteiger charge is -2.28. The number of anilines is 2. The van der Waals surface area contributed by atoms with Gasteiger partial charge in [0.1, 0.15) is 17.5 Å². The number of hydrogen-bond acceptors (Lipinski definition) is 5. The van der Waals surface area contributed by atoms with Crippen molar-refractivity contribution >= 4 is 17.5 Å². The molecule has 6 heteroatoms. The topological polar surface area (TPSA) is 70.2 Å². The molecule has 0 bridgehead atoms. The van der Waals surface area contributed by atoms with Crippen LogP contribution in [0, 0.1) is 20.8 Å². The van der Waals surface area contributed by atoms with Crippen LogP contribution in [0.15, 0.2) is 24.3 Å². The van der Waals surface area contributed by atoms with Gasteiger partial charge in [-0.2, -0.15) is 0 Å². The van der Waals surface area contributed by atoms with E-state index in [1.807, 2.05) is 45.0 Å². The number of piperidine rings is 1. The molecule has 0 spiro atoms. The molecule has 1 aromatic heterocycles. The fourth-order valence-electron chi connectivity index (χ4n) is 3.46. The van der Waals surface area contributed by atoms with E-state index < -0.39 is 0 Å². The first kappa shape index (κ1) is 19.1. The third kappa shape index (κ3) is 5.18. The van der Waals surface area contributed by atoms with E-state index in [-0.39, 0.29) is 5.91 Å². The van der Waals surface area contributed by atoms with Crippen molar-refractivity contribution in [3.63, 3.8) is 0 Å². The molecule has 27 heavy (non-hydrogen) atoms. The van der Waals surface area contributed by atoms with Crippen LogP contribution in [0.3, 0.4) is 0 Å². The molecule has 0 saturated carbocycles. The van der Waals surface area contributed by atoms with E-state index in [1.54, 1.807) is 0 Å². The third-order valence-corrected chi connectivity index (χ3v) is 4.85. The van der Waals surface area contributed by atoms with Gasteiger partial charge in [-0.05, 0) is 51.7 Å². The summed E-state index contributed by atoms with van der Waals surface area (Å²) in [6.45, 7) is 9.18. The summed E-state index contributed by atoms with van der Waals surface area (Å²) in [5.41, 5.74) is 2.89. The number of nitrogens with zero attached hydrogens (tertiary/aromatic N) is 3. The monoisotopic (exact) mass is 367 g/mol. The number of aryl methyl sites for hydroxylation is 3. The molecule has 1 amide bonds. The Morgan fingerprint density at radius 2 is 1.81 bits per heavy atom. The Balaban J connectivity index is 1.52. The second-order valence-electron chi connectivity index (χ2n) is 7.21. The van der Waals surface area contributed by atoms with E-state index in [9.17, 15) is 4.79 Å². The van der Waals surface area contributed by atoms with Gasteiger partial charge < -0.3 is 15.5 Å². The zero-order valence-corrected chi connectivity index (χ0v) is 16.5. The van der Waals surface area contributed by atoms with Crippen molar-refractivity contribution in [1.82, 2.24) is 15.3 Å². The zero-order valence-electron chi connectivity index (χ0n) is 16.5. The van der Waals surface area contributed by atoms with Crippen LogP contribution >= 0.6 is 0 Å². The molecule has 6 nitrogen and oxygen atoms in total. The number of carbonyl (C=O) groups is 1. The van der Waals surface area contributed by atoms with Crippen molar-refractivity contribution in [2.75, 3.05) is 36.4 Å². The van der Waals surface area contributed by atoms with Crippen LogP contribution in [0.25, 0.3) is 0 Å². The molecule has 0 aliphatic carbocycles. The summed E-state index contributed by atoms with van der Waals surface area (Å²) in [5.74, 6) is 2.52. The molecule has 2 aromatic rings. The number of carbonyl (C=O) groups excluding carboxylic acids is 1. The molecule has 144 valence electrons. The lowest BCUT2D eigenvalue weighted by molar-refractivity contribution is 0.0954. The average molecular weight is 367 g/mol. The van der Waals surface area contributed by atoms with E-state index in [0.717, 1.165) is 47.2 Å². The lowest BCUT2D eigenvalue weighted by Crippen LogP contribution is -2.31. The Morgan fingerprint density at radius 1 is 1.04 bits per heavy atom. The molecule has 1 saturated heterocycles. The molecule has 2 heterocycles. The summed E-state index contributed by atoms with van der Waals surface area (Å²) in [6, 6.07) is 7.88. The fraction of sp³-hybridized carbons (Fsp3) is 0.476. The van der Waals surface area contributed by atoms with Gasteiger partial charge in [0.25, 0.3) is 5.91 Å². The maximum atomic E-state index is 12.3. The smallest absolute Gasteiger partial charge is 0.251 e. The molecule has 1 aliphatic rings. The van der Waals surface area contributed by atoms with Gasteiger partial charge in [0.15, 0.2) is 0 Å². The van der Waals surface area contributed by atoms with Crippen molar-refractivity contribution in [3.05, 3.63) is 46.8 Å². The fourth-order valence-corrected chi connectivity index (χ4v) is 3.46. The van der Waals surface area contributed by atoms with Gasteiger partial charge in [0.05, 0.1) is 0 Å². The van der Waals surface area contributed by atoms with Gasteiger partial charge in [-0.15, -0.1) is 0 Å². The molecule has 0 radical (unpaired) electrons. The number of rotatable bonds is 6. The van der Waals surface area contributed by atoms with E-state index >= 15 is 0 Å². The highest BCUT2D eigenvalue weighted by atomic mass is 16.1. The minimum Gasteiger partial charge on any atom is -0.368 e. The van der Waals surface area contributed by atoms with Crippen LogP contribution < -0.4 is 15.5 Å². The van der Waals surface area contributed by atoms with Crippen molar-refractivity contribution in [3.8, 4) is 0 Å². The SMILES string of the molecule is Cc1ccc(C(=O)NCCNc2cc(N3CCCCC3)nc(C)n2)c(C)c1. The second kappa shape index (κ2) is 8.84. The van der Waals surface area contributed by atoms with Crippen molar-refractivity contribution in [2.45, 2.75) is 40.0 Å². The number of aromatic nitrogens is 2. The Morgan fingerprint density at radius 3 is 2.56 bits per heavy atom. The lowest BCUT2D eigenvalue weighted by atomic mass is 10.1. The summed E-state index contributed by atoms with van der Waals surface area (Å²) >= 11 is 0. The first-order valence-electron chi connectivity index (χ1n) is 9.73. The minimum absolute atomic E-state index is 0.0397. The standard InChI is InChI=1S/C21H29N5O/c1-15-7-8-18(16(2)13-15)21(27)23-10-9-22-19-14-20(25-17(3)24-19)26-11-5-4-6-12-26/h7-8,13-14H,4-6,9-12H2,1-3H3,(H,23,27)(H,22,24,25). The molecule has 1 fully saturated rings. The quantitative estimate of drug-likeness (QED) is 0.767. The van der Waals surface area contributed by atoms with Gasteiger partial charge in [0, 0.05) is 37.8 Å². The largest absolute Gasteiger partial charge is 0.368 e. The summed E-state index contributed by atoms with van der Waals surface area (Å²) in [5, 5.41) is 6.27. The first-order valence-corrected chi connectivity index (χ1v) is 9.73. The molecule has 3 rings (SSSR count). The highest BCUT2D eigenvalue weighted by Gasteiger charge is 2.14. The van der Waals surface area contributed by atoms with Crippen LogP contribution in [0.1, 0.15) is 46.6 Å². The summed E-state index contributed by atoms with van der Waals surface area (Å²) in [6.07, 6.45) is 3.73. The Kier molecular flexibility index (Phi) is 6.27. The van der Waals surface area contributed by atoms with Gasteiger partial charge in [-0.1, -0.05) is 17.7 Å². The Hall–Kier alpha value is -2.63. The predicted molar refractivity (Wildman–Crippen MR) is 110 cm³/mol. The normalized spacial score (nSPS) is 14.1. The summed E-state index contributed by atoms with van der Waals surface area (Å²) in [4.78, 5) is 23.7. The first-order chi connectivity index (χ1) is 13.0. The van der Waals surface area contributed by atoms with Crippen molar-refractivity contribution < 1.29 is 4.79 Å². The van der Waals surface area contributed by atoms with Gasteiger partial charge in [-0.3, -0.25) is 4.79 Å². The molecule has 0 atom stereocenters. The van der Waals surface area contributed by atoms with Crippen molar-refractivity contribution in [2.24, 2.45) is 0 Å². The van der Waals surface area contributed by atoms with Gasteiger partial charge in [0.2, 0.25) is 0 Å². The van der Waals surface area contributed by atoms with E-state index in [1.165, 1.54) is 19.3 Å². The predicted octanol–water partition coefficient (Wildman–Crippen LogP) is 3.23. The van der Waals surface area contributed by atoms with Gasteiger partial charge >= 0.3 is 0 Å². The third-order valence-electron chi connectivity index (χ3n) is 4.85. The molecular weight excluding hydrogens is 338 g/mol. The maximum Gasteiger partial charge on any atom is 0.251 e. The highest BCUT2D eigenvalue weighted by Crippen LogP contribution is 2.20. The molecular formula is C21H29N5O. The molecule has 1 aliphatic heterocycles. The minimum atomic E-state index is -0.0397. The molecule has 1 aromatic carbocycles. The van der Waals surface area contributed by atoms with Crippen LogP contribution in [0.5, 0.6) is 0 Å². The Labute approximate surface area is 161 Å². The summed E-state index contributed by atoms with van der Waals surface area (Å²) < 4.78 is 0. The number of nitrogens with one attached hydrogen (secondary N) is 2. The van der Waals surface area contributed by atoms with Crippen LogP contribution in [0.2, 0.25) is 0 Å². The Bertz CT molecular complexity index is 799. The number of hydrogen-bond donors (Lipinski definition) is 2. The van der Waals surface area contributed by atoms with Crippen LogP contribution in [-0.2, 0) is 0 Å². The number of benzene rings is 1. The maximum absolute atomic E-state index is 12.3. The zero-order chi connectivity index (χ0) is 19.2. The van der Waals surface area contributed by atoms with Crippen LogP contribution in [0.4, 0.5) is 11.6 Å². The van der Waals surface area contributed by atoms with Gasteiger partial charge in [-0.25, -0.2) is 9.97 Å². The van der Waals surface area contributed by atoms with Crippen LogP contribution in [-0.4, -0.2) is 42.1 Å². The molecule has 0 unspecified atom stereocenters. The van der Waals surface area contributed by atoms with E-state index in [4.69, 9.17) is 0 Å². The van der Waals surface area contributed by atoms with Crippen molar-refractivity contribution in [1.29, 1.82) is 0 Å².